The molecule has 0 radical (unpaired) electrons. The predicted molar refractivity (Wildman–Crippen MR) is 116 cm³/mol. The highest BCUT2D eigenvalue weighted by atomic mass is 31.2. The van der Waals surface area contributed by atoms with Gasteiger partial charge in [0, 0.05) is 12.7 Å². The highest BCUT2D eigenvalue weighted by Gasteiger charge is 2.42. The Balaban J connectivity index is 0.000000672. The fraction of sp³-hybridized carbons (Fsp3) is 0.692. The van der Waals surface area contributed by atoms with Crippen molar-refractivity contribution in [1.82, 2.24) is 14.9 Å². The van der Waals surface area contributed by atoms with Gasteiger partial charge in [0.05, 0.1) is 17.7 Å². The number of ether oxygens (including phenoxy) is 1. The maximum absolute atomic E-state index is 12.0. The number of aromatic nitrogens is 2. The minimum absolute atomic E-state index is 0.0333. The van der Waals surface area contributed by atoms with E-state index in [9.17, 15) is 19.8 Å². The molecule has 2 fully saturated rings. The third-order valence-electron chi connectivity index (χ3n) is 4.23. The third-order valence-corrected chi connectivity index (χ3v) is 4.23. The molecule has 212 valence electrons. The summed E-state index contributed by atoms with van der Waals surface area (Å²) in [7, 11) is -13.9. The second kappa shape index (κ2) is 14.1. The van der Waals surface area contributed by atoms with E-state index in [1.807, 2.05) is 0 Å². The largest absolute Gasteiger partial charge is 0.466 e. The Bertz CT molecular complexity index is 1010. The van der Waals surface area contributed by atoms with Crippen LogP contribution in [-0.4, -0.2) is 95.2 Å². The van der Waals surface area contributed by atoms with Gasteiger partial charge in [-0.05, 0) is 19.9 Å². The number of aliphatic hydroxyl groups is 2. The van der Waals surface area contributed by atoms with Gasteiger partial charge in [-0.15, -0.1) is 0 Å². The number of hydrogen-bond donors (Lipinski definition) is 13. The zero-order valence-electron chi connectivity index (χ0n) is 18.2. The molecule has 0 bridgehead atoms. The topological polar surface area (TPSA) is 350 Å². The van der Waals surface area contributed by atoms with E-state index in [0.717, 1.165) is 13.0 Å². The van der Waals surface area contributed by atoms with Crippen LogP contribution in [0.5, 0.6) is 0 Å². The van der Waals surface area contributed by atoms with E-state index in [4.69, 9.17) is 62.5 Å². The lowest BCUT2D eigenvalue weighted by molar-refractivity contribution is 0.0137. The molecule has 1 unspecified atom stereocenters. The molecule has 2 aliphatic rings. The third kappa shape index (κ3) is 15.9. The molecule has 0 aromatic carbocycles. The fourth-order valence-electron chi connectivity index (χ4n) is 2.96. The van der Waals surface area contributed by atoms with Crippen LogP contribution < -0.4 is 16.6 Å². The van der Waals surface area contributed by atoms with Crippen molar-refractivity contribution in [2.45, 2.75) is 43.8 Å². The standard InChI is InChI=1S/C13H19N3O5.3H3O4P/c1-6-9(17)10(18)11(21-6)8-5-16(7-2-3-14-4-7)13(20)15-12(8)19;3*1-5(2,3)4/h5-7,9-11,14,17-18H,2-4H2,1H3,(H,15,19,20);3*(H3,1,2,3,4)/t6-,7?,9-,10-,11+;;;/m1.../s1. The molecule has 36 heavy (non-hydrogen) atoms. The average Bonchev–Trinajstić information content (AvgIpc) is 3.23. The van der Waals surface area contributed by atoms with Crippen molar-refractivity contribution in [3.63, 3.8) is 0 Å². The molecular formula is C13H28N3O17P3. The maximum Gasteiger partial charge on any atom is 0.466 e. The van der Waals surface area contributed by atoms with E-state index < -0.39 is 59.1 Å². The quantitative estimate of drug-likeness (QED) is 0.144. The molecule has 23 heteroatoms. The van der Waals surface area contributed by atoms with E-state index in [1.54, 1.807) is 6.92 Å². The van der Waals surface area contributed by atoms with Gasteiger partial charge < -0.3 is 64.3 Å². The van der Waals surface area contributed by atoms with Gasteiger partial charge in [-0.3, -0.25) is 14.3 Å². The molecule has 3 heterocycles. The van der Waals surface area contributed by atoms with Crippen LogP contribution in [0.2, 0.25) is 0 Å². The minimum Gasteiger partial charge on any atom is -0.388 e. The smallest absolute Gasteiger partial charge is 0.388 e. The summed E-state index contributed by atoms with van der Waals surface area (Å²) >= 11 is 0. The summed E-state index contributed by atoms with van der Waals surface area (Å²) in [6.07, 6.45) is -1.51. The van der Waals surface area contributed by atoms with Crippen LogP contribution in [0.15, 0.2) is 15.8 Å². The molecule has 13 N–H and O–H groups in total. The minimum atomic E-state index is -4.64. The molecule has 1 aromatic rings. The Morgan fingerprint density at radius 3 is 1.67 bits per heavy atom. The van der Waals surface area contributed by atoms with Gasteiger partial charge in [0.2, 0.25) is 0 Å². The number of rotatable bonds is 2. The van der Waals surface area contributed by atoms with E-state index >= 15 is 0 Å². The summed E-state index contributed by atoms with van der Waals surface area (Å²) in [5.74, 6) is 0. The maximum atomic E-state index is 12.0. The SMILES string of the molecule is C[C@H]1O[C@@H](c2cn(C3CCNC3)c(=O)[nH]c2=O)[C@H](O)[C@@H]1O.O=P(O)(O)O.O=P(O)(O)O.O=P(O)(O)O. The summed E-state index contributed by atoms with van der Waals surface area (Å²) in [4.78, 5) is 90.9. The molecular weight excluding hydrogens is 563 g/mol. The lowest BCUT2D eigenvalue weighted by Gasteiger charge is -2.18. The van der Waals surface area contributed by atoms with Gasteiger partial charge in [0.1, 0.15) is 18.3 Å². The van der Waals surface area contributed by atoms with Gasteiger partial charge in [0.15, 0.2) is 0 Å². The van der Waals surface area contributed by atoms with E-state index in [1.165, 1.54) is 10.8 Å². The summed E-state index contributed by atoms with van der Waals surface area (Å²) in [5, 5.41) is 22.9. The molecule has 20 nitrogen and oxygen atoms in total. The van der Waals surface area contributed by atoms with Gasteiger partial charge >= 0.3 is 29.2 Å². The van der Waals surface area contributed by atoms with Crippen molar-refractivity contribution < 1.29 is 72.7 Å². The van der Waals surface area contributed by atoms with Crippen molar-refractivity contribution in [3.8, 4) is 0 Å². The molecule has 3 rings (SSSR count). The molecule has 1 aromatic heterocycles. The molecule has 2 aliphatic heterocycles. The first-order valence-electron chi connectivity index (χ1n) is 9.41. The Hall–Kier alpha value is -1.15. The monoisotopic (exact) mass is 591 g/mol. The van der Waals surface area contributed by atoms with Gasteiger partial charge in [-0.1, -0.05) is 0 Å². The Labute approximate surface area is 201 Å². The van der Waals surface area contributed by atoms with Crippen LogP contribution in [0.1, 0.15) is 31.1 Å². The number of nitrogens with zero attached hydrogens (tertiary/aromatic N) is 1. The highest BCUT2D eigenvalue weighted by Crippen LogP contribution is 2.32. The van der Waals surface area contributed by atoms with Gasteiger partial charge in [-0.25, -0.2) is 18.5 Å². The Morgan fingerprint density at radius 1 is 0.889 bits per heavy atom. The first kappa shape index (κ1) is 34.9. The number of phosphoric acid groups is 3. The van der Waals surface area contributed by atoms with Crippen LogP contribution in [0.3, 0.4) is 0 Å². The average molecular weight is 591 g/mol. The number of nitrogens with one attached hydrogen (secondary N) is 2. The van der Waals surface area contributed by atoms with E-state index in [2.05, 4.69) is 10.3 Å². The molecule has 5 atom stereocenters. The molecule has 0 amide bonds. The summed E-state index contributed by atoms with van der Waals surface area (Å²) in [5.41, 5.74) is -0.900. The van der Waals surface area contributed by atoms with Crippen LogP contribution in [0.4, 0.5) is 0 Å². The van der Waals surface area contributed by atoms with E-state index in [-0.39, 0.29) is 11.6 Å². The van der Waals surface area contributed by atoms with Crippen LogP contribution in [0.25, 0.3) is 0 Å². The van der Waals surface area contributed by atoms with Crippen molar-refractivity contribution in [2.24, 2.45) is 0 Å². The number of hydrogen-bond acceptors (Lipinski definition) is 9. The fourth-order valence-corrected chi connectivity index (χ4v) is 2.96. The van der Waals surface area contributed by atoms with Crippen LogP contribution in [0, 0.1) is 0 Å². The number of H-pyrrole nitrogens is 1. The lowest BCUT2D eigenvalue weighted by atomic mass is 10.0. The second-order valence-corrected chi connectivity index (χ2v) is 10.3. The molecule has 0 spiro atoms. The zero-order valence-corrected chi connectivity index (χ0v) is 20.9. The summed E-state index contributed by atoms with van der Waals surface area (Å²) < 4.78 is 33.6. The Morgan fingerprint density at radius 2 is 1.33 bits per heavy atom. The zero-order chi connectivity index (χ0) is 28.6. The first-order valence-corrected chi connectivity index (χ1v) is 14.1. The van der Waals surface area contributed by atoms with E-state index in [0.29, 0.717) is 6.54 Å². The van der Waals surface area contributed by atoms with Crippen molar-refractivity contribution in [1.29, 1.82) is 0 Å². The van der Waals surface area contributed by atoms with Crippen LogP contribution >= 0.6 is 23.5 Å². The Kier molecular flexibility index (Phi) is 13.7. The van der Waals surface area contributed by atoms with Crippen LogP contribution in [-0.2, 0) is 18.4 Å². The summed E-state index contributed by atoms with van der Waals surface area (Å²) in [6, 6.07) is -0.0333. The molecule has 0 aliphatic carbocycles. The predicted octanol–water partition coefficient (Wildman–Crippen LogP) is -4.53. The van der Waals surface area contributed by atoms with Crippen molar-refractivity contribution in [3.05, 3.63) is 32.6 Å². The lowest BCUT2D eigenvalue weighted by Crippen LogP contribution is -2.37. The van der Waals surface area contributed by atoms with Gasteiger partial charge in [-0.2, -0.15) is 0 Å². The van der Waals surface area contributed by atoms with Gasteiger partial charge in [0.25, 0.3) is 5.56 Å². The molecule has 0 saturated carbocycles. The number of aromatic amines is 1. The second-order valence-electron chi connectivity index (χ2n) is 7.18. The first-order chi connectivity index (χ1) is 16.0. The molecule has 2 saturated heterocycles. The van der Waals surface area contributed by atoms with Crippen molar-refractivity contribution >= 4 is 23.5 Å². The number of aliphatic hydroxyl groups excluding tert-OH is 2. The normalized spacial score (nSPS) is 26.1. The van der Waals surface area contributed by atoms with Crippen molar-refractivity contribution in [2.75, 3.05) is 13.1 Å². The highest BCUT2D eigenvalue weighted by molar-refractivity contribution is 7.45. The summed E-state index contributed by atoms with van der Waals surface area (Å²) in [6.45, 7) is 3.08.